The molecule has 1 aromatic heterocycles. The Morgan fingerprint density at radius 2 is 1.81 bits per heavy atom. The Morgan fingerprint density at radius 1 is 1.19 bits per heavy atom. The Balaban J connectivity index is 2.33. The normalized spacial score (nSPS) is 20.6. The zero-order valence-corrected chi connectivity index (χ0v) is 14.1. The predicted octanol–water partition coefficient (Wildman–Crippen LogP) is 2.89. The van der Waals surface area contributed by atoms with Crippen LogP contribution < -0.4 is 10.6 Å². The van der Waals surface area contributed by atoms with Gasteiger partial charge in [-0.25, -0.2) is 4.98 Å². The molecule has 0 unspecified atom stereocenters. The number of aryl methyl sites for hydroxylation is 1. The van der Waals surface area contributed by atoms with E-state index in [0.29, 0.717) is 6.54 Å². The minimum Gasteiger partial charge on any atom is -0.366 e. The fraction of sp³-hybridized carbons (Fsp3) is 0.706. The van der Waals surface area contributed by atoms with Crippen LogP contribution in [0, 0.1) is 0 Å². The van der Waals surface area contributed by atoms with Crippen molar-refractivity contribution in [3.8, 4) is 0 Å². The Hall–Kier alpha value is -1.13. The van der Waals surface area contributed by atoms with Gasteiger partial charge in [-0.15, -0.1) is 0 Å². The number of hydrogen-bond donors (Lipinski definition) is 1. The van der Waals surface area contributed by atoms with Gasteiger partial charge in [0.15, 0.2) is 0 Å². The number of rotatable bonds is 4. The van der Waals surface area contributed by atoms with Crippen molar-refractivity contribution >= 4 is 5.82 Å². The Kier molecular flexibility index (Phi) is 4.59. The van der Waals surface area contributed by atoms with Crippen molar-refractivity contribution in [2.75, 3.05) is 18.0 Å². The molecule has 0 bridgehead atoms. The second kappa shape index (κ2) is 5.93. The quantitative estimate of drug-likeness (QED) is 0.926. The number of nitrogens with zero attached hydrogens (tertiary/aromatic N) is 2. The van der Waals surface area contributed by atoms with Crippen molar-refractivity contribution < 1.29 is 4.74 Å². The van der Waals surface area contributed by atoms with Gasteiger partial charge in [-0.2, -0.15) is 0 Å². The molecule has 0 aliphatic carbocycles. The van der Waals surface area contributed by atoms with Gasteiger partial charge in [0.05, 0.1) is 11.2 Å². The first-order valence-electron chi connectivity index (χ1n) is 7.90. The topological polar surface area (TPSA) is 51.4 Å². The lowest BCUT2D eigenvalue weighted by Gasteiger charge is -2.47. The molecular weight excluding hydrogens is 262 g/mol. The molecule has 2 heterocycles. The van der Waals surface area contributed by atoms with Crippen LogP contribution in [0.3, 0.4) is 0 Å². The Labute approximate surface area is 128 Å². The van der Waals surface area contributed by atoms with Crippen molar-refractivity contribution in [1.29, 1.82) is 0 Å². The van der Waals surface area contributed by atoms with Crippen LogP contribution in [0.1, 0.15) is 52.3 Å². The van der Waals surface area contributed by atoms with E-state index >= 15 is 0 Å². The van der Waals surface area contributed by atoms with E-state index in [2.05, 4.69) is 51.7 Å². The van der Waals surface area contributed by atoms with Crippen LogP contribution in [-0.2, 0) is 17.7 Å². The van der Waals surface area contributed by atoms with Crippen LogP contribution in [0.15, 0.2) is 12.1 Å². The molecule has 4 nitrogen and oxygen atoms in total. The molecule has 0 radical (unpaired) electrons. The summed E-state index contributed by atoms with van der Waals surface area (Å²) < 4.78 is 6.15. The molecular formula is C17H29N3O. The Morgan fingerprint density at radius 3 is 2.33 bits per heavy atom. The summed E-state index contributed by atoms with van der Waals surface area (Å²) in [6.45, 7) is 13.0. The third kappa shape index (κ3) is 4.17. The molecule has 1 fully saturated rings. The predicted molar refractivity (Wildman–Crippen MR) is 87.6 cm³/mol. The van der Waals surface area contributed by atoms with Gasteiger partial charge in [0, 0.05) is 25.3 Å². The van der Waals surface area contributed by atoms with Crippen molar-refractivity contribution in [2.24, 2.45) is 5.73 Å². The largest absolute Gasteiger partial charge is 0.366 e. The fourth-order valence-electron chi connectivity index (χ4n) is 3.25. The molecule has 0 aromatic carbocycles. The summed E-state index contributed by atoms with van der Waals surface area (Å²) in [7, 11) is 0. The van der Waals surface area contributed by atoms with Gasteiger partial charge in [-0.1, -0.05) is 13.3 Å². The lowest BCUT2D eigenvalue weighted by atomic mass is 9.98. The zero-order chi connectivity index (χ0) is 15.7. The number of pyridine rings is 1. The van der Waals surface area contributed by atoms with Gasteiger partial charge in [0.1, 0.15) is 5.82 Å². The summed E-state index contributed by atoms with van der Waals surface area (Å²) in [5.74, 6) is 1.03. The van der Waals surface area contributed by atoms with Crippen LogP contribution >= 0.6 is 0 Å². The molecule has 2 N–H and O–H groups in total. The Bertz CT molecular complexity index is 481. The van der Waals surface area contributed by atoms with Crippen molar-refractivity contribution in [2.45, 2.75) is 65.2 Å². The zero-order valence-electron chi connectivity index (χ0n) is 14.1. The van der Waals surface area contributed by atoms with Gasteiger partial charge in [-0.3, -0.25) is 0 Å². The molecule has 0 atom stereocenters. The second-order valence-corrected chi connectivity index (χ2v) is 7.26. The first kappa shape index (κ1) is 16.2. The minimum atomic E-state index is -0.174. The molecule has 2 rings (SSSR count). The molecule has 0 saturated carbocycles. The first-order valence-corrected chi connectivity index (χ1v) is 7.90. The lowest BCUT2D eigenvalue weighted by Crippen LogP contribution is -2.57. The average molecular weight is 291 g/mol. The van der Waals surface area contributed by atoms with Gasteiger partial charge in [0.2, 0.25) is 0 Å². The van der Waals surface area contributed by atoms with Crippen molar-refractivity contribution in [3.05, 3.63) is 23.4 Å². The van der Waals surface area contributed by atoms with E-state index in [0.717, 1.165) is 43.0 Å². The van der Waals surface area contributed by atoms with Gasteiger partial charge >= 0.3 is 0 Å². The standard InChI is InChI=1S/C17H29N3O/c1-6-7-14-8-13(10-18)9-15(19-14)20-11-16(2,3)21-17(4,5)12-20/h8-9H,6-7,10-12,18H2,1-5H3. The molecule has 0 amide bonds. The summed E-state index contributed by atoms with van der Waals surface area (Å²) >= 11 is 0. The van der Waals surface area contributed by atoms with E-state index in [4.69, 9.17) is 15.5 Å². The van der Waals surface area contributed by atoms with Crippen LogP contribution in [0.4, 0.5) is 5.82 Å². The van der Waals surface area contributed by atoms with Crippen LogP contribution in [0.2, 0.25) is 0 Å². The van der Waals surface area contributed by atoms with Crippen molar-refractivity contribution in [3.63, 3.8) is 0 Å². The highest BCUT2D eigenvalue weighted by molar-refractivity contribution is 5.44. The smallest absolute Gasteiger partial charge is 0.129 e. The van der Waals surface area contributed by atoms with E-state index in [-0.39, 0.29) is 11.2 Å². The highest BCUT2D eigenvalue weighted by Crippen LogP contribution is 2.31. The van der Waals surface area contributed by atoms with E-state index < -0.39 is 0 Å². The summed E-state index contributed by atoms with van der Waals surface area (Å²) in [6.07, 6.45) is 2.10. The summed E-state index contributed by atoms with van der Waals surface area (Å²) in [6, 6.07) is 4.25. The van der Waals surface area contributed by atoms with Crippen molar-refractivity contribution in [1.82, 2.24) is 4.98 Å². The van der Waals surface area contributed by atoms with Gasteiger partial charge in [0.25, 0.3) is 0 Å². The van der Waals surface area contributed by atoms with Crippen LogP contribution in [-0.4, -0.2) is 29.3 Å². The minimum absolute atomic E-state index is 0.174. The molecule has 1 aromatic rings. The SMILES string of the molecule is CCCc1cc(CN)cc(N2CC(C)(C)OC(C)(C)C2)n1. The summed E-state index contributed by atoms with van der Waals surface area (Å²) in [5, 5.41) is 0. The molecule has 1 aliphatic rings. The molecule has 1 aliphatic heterocycles. The third-order valence-corrected chi connectivity index (χ3v) is 3.69. The first-order chi connectivity index (χ1) is 9.74. The van der Waals surface area contributed by atoms with E-state index in [1.165, 1.54) is 0 Å². The number of hydrogen-bond acceptors (Lipinski definition) is 4. The highest BCUT2D eigenvalue weighted by Gasteiger charge is 2.38. The maximum Gasteiger partial charge on any atom is 0.129 e. The molecule has 118 valence electrons. The number of aromatic nitrogens is 1. The number of morpholine rings is 1. The van der Waals surface area contributed by atoms with Crippen LogP contribution in [0.25, 0.3) is 0 Å². The monoisotopic (exact) mass is 291 g/mol. The molecule has 4 heteroatoms. The molecule has 0 spiro atoms. The summed E-state index contributed by atoms with van der Waals surface area (Å²) in [5.41, 5.74) is 7.80. The molecule has 1 saturated heterocycles. The van der Waals surface area contributed by atoms with Gasteiger partial charge in [-0.05, 0) is 51.8 Å². The number of ether oxygens (including phenoxy) is 1. The maximum absolute atomic E-state index is 6.15. The number of anilines is 1. The molecule has 21 heavy (non-hydrogen) atoms. The van der Waals surface area contributed by atoms with E-state index in [9.17, 15) is 0 Å². The second-order valence-electron chi connectivity index (χ2n) is 7.26. The fourth-order valence-corrected chi connectivity index (χ4v) is 3.25. The average Bonchev–Trinajstić information content (AvgIpc) is 2.35. The highest BCUT2D eigenvalue weighted by atomic mass is 16.5. The van der Waals surface area contributed by atoms with E-state index in [1.807, 2.05) is 0 Å². The maximum atomic E-state index is 6.15. The van der Waals surface area contributed by atoms with Crippen LogP contribution in [0.5, 0.6) is 0 Å². The lowest BCUT2D eigenvalue weighted by molar-refractivity contribution is -0.133. The summed E-state index contributed by atoms with van der Waals surface area (Å²) in [4.78, 5) is 7.18. The number of nitrogens with two attached hydrogens (primary N) is 1. The van der Waals surface area contributed by atoms with E-state index in [1.54, 1.807) is 0 Å². The third-order valence-electron chi connectivity index (χ3n) is 3.69. The van der Waals surface area contributed by atoms with Gasteiger partial charge < -0.3 is 15.4 Å².